The molecule has 2 unspecified atom stereocenters. The number of aldehydes is 1. The highest BCUT2D eigenvalue weighted by atomic mass is 32.1. The summed E-state index contributed by atoms with van der Waals surface area (Å²) in [7, 11) is 0. The Balaban J connectivity index is 1.49. The molecule has 0 amide bonds. The van der Waals surface area contributed by atoms with Gasteiger partial charge in [0.2, 0.25) is 0 Å². The van der Waals surface area contributed by atoms with Gasteiger partial charge in [0.1, 0.15) is 11.3 Å². The number of hydrogen-bond acceptors (Lipinski definition) is 5. The summed E-state index contributed by atoms with van der Waals surface area (Å²) >= 11 is 1.52. The van der Waals surface area contributed by atoms with Gasteiger partial charge in [0.05, 0.1) is 11.0 Å². The Hall–Kier alpha value is -1.77. The van der Waals surface area contributed by atoms with Crippen molar-refractivity contribution in [2.75, 3.05) is 13.1 Å². The molecule has 29 heavy (non-hydrogen) atoms. The first-order valence-corrected chi connectivity index (χ1v) is 10.6. The summed E-state index contributed by atoms with van der Waals surface area (Å²) in [6.45, 7) is 5.59. The van der Waals surface area contributed by atoms with Crippen LogP contribution in [-0.4, -0.2) is 35.4 Å². The predicted molar refractivity (Wildman–Crippen MR) is 104 cm³/mol. The molecule has 0 saturated carbocycles. The minimum absolute atomic E-state index is 0.0310. The van der Waals surface area contributed by atoms with Crippen LogP contribution in [0.5, 0.6) is 0 Å². The Bertz CT molecular complexity index is 886. The van der Waals surface area contributed by atoms with Crippen molar-refractivity contribution in [2.24, 2.45) is 0 Å². The van der Waals surface area contributed by atoms with Gasteiger partial charge in [0, 0.05) is 30.2 Å². The van der Waals surface area contributed by atoms with Crippen molar-refractivity contribution in [2.45, 2.75) is 57.0 Å². The molecule has 4 nitrogen and oxygen atoms in total. The molecule has 0 aromatic carbocycles. The lowest BCUT2D eigenvalue weighted by atomic mass is 9.83. The van der Waals surface area contributed by atoms with Crippen molar-refractivity contribution < 1.29 is 22.7 Å². The van der Waals surface area contributed by atoms with E-state index in [4.69, 9.17) is 4.74 Å². The molecule has 156 valence electrons. The number of ether oxygens (including phenoxy) is 1. The molecule has 4 heterocycles. The van der Waals surface area contributed by atoms with Crippen molar-refractivity contribution in [3.63, 3.8) is 0 Å². The van der Waals surface area contributed by atoms with E-state index in [0.29, 0.717) is 0 Å². The van der Waals surface area contributed by atoms with E-state index < -0.39 is 11.9 Å². The minimum Gasteiger partial charge on any atom is -0.366 e. The fourth-order valence-electron chi connectivity index (χ4n) is 4.48. The third-order valence-electron chi connectivity index (χ3n) is 6.00. The quantitative estimate of drug-likeness (QED) is 0.651. The number of thiophene rings is 1. The lowest BCUT2D eigenvalue weighted by Crippen LogP contribution is -2.48. The fraction of sp³-hybridized carbons (Fsp3) is 0.524. The molecule has 1 spiro atoms. The van der Waals surface area contributed by atoms with Crippen LogP contribution in [0.25, 0.3) is 0 Å². The second-order valence-corrected chi connectivity index (χ2v) is 9.02. The molecule has 0 N–H and O–H groups in total. The van der Waals surface area contributed by atoms with Crippen LogP contribution in [-0.2, 0) is 22.9 Å². The van der Waals surface area contributed by atoms with Crippen LogP contribution in [0.3, 0.4) is 0 Å². The number of fused-ring (bicyclic) bond motifs is 2. The fourth-order valence-corrected chi connectivity index (χ4v) is 5.68. The predicted octanol–water partition coefficient (Wildman–Crippen LogP) is 4.99. The zero-order valence-electron chi connectivity index (χ0n) is 16.3. The van der Waals surface area contributed by atoms with Gasteiger partial charge in [-0.2, -0.15) is 13.2 Å². The summed E-state index contributed by atoms with van der Waals surface area (Å²) in [6.07, 6.45) is 0.301. The summed E-state index contributed by atoms with van der Waals surface area (Å²) in [4.78, 5) is 19.0. The number of piperidine rings is 1. The lowest BCUT2D eigenvalue weighted by molar-refractivity contribution is -0.141. The van der Waals surface area contributed by atoms with Crippen LogP contribution in [0.1, 0.15) is 64.1 Å². The van der Waals surface area contributed by atoms with Gasteiger partial charge in [-0.3, -0.25) is 14.7 Å². The molecular formula is C21H23F3N2O2S. The minimum atomic E-state index is -4.42. The van der Waals surface area contributed by atoms with Crippen molar-refractivity contribution in [3.05, 3.63) is 51.0 Å². The van der Waals surface area contributed by atoms with Crippen molar-refractivity contribution >= 4 is 17.6 Å². The number of hydrogen-bond donors (Lipinski definition) is 0. The largest absolute Gasteiger partial charge is 0.433 e. The lowest BCUT2D eigenvalue weighted by Gasteiger charge is -2.47. The van der Waals surface area contributed by atoms with Crippen LogP contribution in [0.15, 0.2) is 24.4 Å². The van der Waals surface area contributed by atoms with Crippen LogP contribution in [0, 0.1) is 0 Å². The maximum absolute atomic E-state index is 12.8. The molecule has 1 fully saturated rings. The number of nitrogens with zero attached hydrogens (tertiary/aromatic N) is 2. The van der Waals surface area contributed by atoms with Crippen LogP contribution >= 0.6 is 11.3 Å². The highest BCUT2D eigenvalue weighted by Gasteiger charge is 2.45. The maximum atomic E-state index is 12.8. The monoisotopic (exact) mass is 424 g/mol. The zero-order valence-corrected chi connectivity index (χ0v) is 17.1. The number of likely N-dealkylation sites (tertiary alicyclic amines) is 1. The van der Waals surface area contributed by atoms with Crippen molar-refractivity contribution in [1.29, 1.82) is 0 Å². The molecule has 2 aliphatic heterocycles. The number of carbonyl (C=O) groups excluding carboxylic acids is 1. The maximum Gasteiger partial charge on any atom is 0.433 e. The van der Waals surface area contributed by atoms with E-state index in [9.17, 15) is 18.0 Å². The highest BCUT2D eigenvalue weighted by molar-refractivity contribution is 7.14. The van der Waals surface area contributed by atoms with Crippen LogP contribution in [0.2, 0.25) is 0 Å². The van der Waals surface area contributed by atoms with Crippen molar-refractivity contribution in [1.82, 2.24) is 9.88 Å². The molecule has 4 rings (SSSR count). The third-order valence-corrected chi connectivity index (χ3v) is 7.29. The first-order valence-electron chi connectivity index (χ1n) is 9.75. The standard InChI is InChI=1S/C21H23F3N2O2S/c1-13-9-16-10-17(12-27)29-19(16)20(28-13)5-7-26(8-6-20)14(2)15-3-4-18(25-11-15)21(22,23)24/h3-4,10-14H,5-9H2,1-2H3. The molecule has 2 atom stereocenters. The van der Waals surface area contributed by atoms with Gasteiger partial charge in [-0.25, -0.2) is 0 Å². The smallest absolute Gasteiger partial charge is 0.366 e. The second-order valence-electron chi connectivity index (χ2n) is 7.93. The molecule has 0 bridgehead atoms. The van der Waals surface area contributed by atoms with Gasteiger partial charge in [-0.1, -0.05) is 6.07 Å². The van der Waals surface area contributed by atoms with E-state index in [0.717, 1.165) is 55.1 Å². The van der Waals surface area contributed by atoms with Gasteiger partial charge in [0.25, 0.3) is 0 Å². The Kier molecular flexibility index (Phi) is 5.29. The van der Waals surface area contributed by atoms with E-state index in [1.807, 2.05) is 13.0 Å². The summed E-state index contributed by atoms with van der Waals surface area (Å²) in [5.41, 5.74) is 0.746. The summed E-state index contributed by atoms with van der Waals surface area (Å²) in [5, 5.41) is 0. The Morgan fingerprint density at radius 2 is 2.07 bits per heavy atom. The molecule has 1 saturated heterocycles. The van der Waals surface area contributed by atoms with Gasteiger partial charge < -0.3 is 4.74 Å². The van der Waals surface area contributed by atoms with Gasteiger partial charge in [-0.15, -0.1) is 11.3 Å². The van der Waals surface area contributed by atoms with E-state index in [1.54, 1.807) is 0 Å². The first-order chi connectivity index (χ1) is 13.7. The molecule has 8 heteroatoms. The van der Waals surface area contributed by atoms with E-state index in [1.165, 1.54) is 34.0 Å². The average Bonchev–Trinajstić information content (AvgIpc) is 3.11. The summed E-state index contributed by atoms with van der Waals surface area (Å²) in [6, 6.07) is 4.51. The van der Waals surface area contributed by atoms with Crippen molar-refractivity contribution in [3.8, 4) is 0 Å². The number of aromatic nitrogens is 1. The van der Waals surface area contributed by atoms with Gasteiger partial charge in [-0.05, 0) is 56.4 Å². The van der Waals surface area contributed by atoms with E-state index in [-0.39, 0.29) is 17.7 Å². The number of carbonyl (C=O) groups is 1. The molecule has 2 aromatic heterocycles. The third kappa shape index (κ3) is 3.85. The van der Waals surface area contributed by atoms with E-state index >= 15 is 0 Å². The van der Waals surface area contributed by atoms with Gasteiger partial charge in [0.15, 0.2) is 6.29 Å². The number of halogens is 3. The molecular weight excluding hydrogens is 401 g/mol. The molecule has 0 aliphatic carbocycles. The normalized spacial score (nSPS) is 23.0. The first kappa shape index (κ1) is 20.5. The SMILES string of the molecule is CC1Cc2cc(C=O)sc2C2(CCN(C(C)c3ccc(C(F)(F)F)nc3)CC2)O1. The Morgan fingerprint density at radius 3 is 2.66 bits per heavy atom. The molecule has 2 aromatic rings. The van der Waals surface area contributed by atoms with E-state index in [2.05, 4.69) is 16.8 Å². The average molecular weight is 424 g/mol. The topological polar surface area (TPSA) is 42.4 Å². The zero-order chi connectivity index (χ0) is 20.8. The summed E-state index contributed by atoms with van der Waals surface area (Å²) in [5.74, 6) is 0. The number of alkyl halides is 3. The summed E-state index contributed by atoms with van der Waals surface area (Å²) < 4.78 is 44.7. The van der Waals surface area contributed by atoms with Gasteiger partial charge >= 0.3 is 6.18 Å². The Morgan fingerprint density at radius 1 is 1.34 bits per heavy atom. The van der Waals surface area contributed by atoms with Crippen LogP contribution in [0.4, 0.5) is 13.2 Å². The highest BCUT2D eigenvalue weighted by Crippen LogP contribution is 2.47. The van der Waals surface area contributed by atoms with Crippen LogP contribution < -0.4 is 0 Å². The molecule has 2 aliphatic rings. The number of rotatable bonds is 3. The molecule has 0 radical (unpaired) electrons. The second kappa shape index (κ2) is 7.49. The number of pyridine rings is 1. The Labute approximate surface area is 171 Å².